The Kier molecular flexibility index (Phi) is 4.53. The fourth-order valence-corrected chi connectivity index (χ4v) is 3.18. The monoisotopic (exact) mass is 294 g/mol. The first-order valence-electron chi connectivity index (χ1n) is 6.28. The van der Waals surface area contributed by atoms with Crippen LogP contribution >= 0.6 is 0 Å². The SMILES string of the molecule is Cc1ccc(CN)cc1S(=O)(=O)NCCn1ccnc1. The molecule has 0 radical (unpaired) electrons. The minimum Gasteiger partial charge on any atom is -0.336 e. The fraction of sp³-hybridized carbons (Fsp3) is 0.308. The predicted octanol–water partition coefficient (Wildman–Crippen LogP) is 0.629. The fourth-order valence-electron chi connectivity index (χ4n) is 1.87. The number of nitrogens with two attached hydrogens (primary N) is 1. The average molecular weight is 294 g/mol. The van der Waals surface area contributed by atoms with Gasteiger partial charge in [-0.1, -0.05) is 12.1 Å². The average Bonchev–Trinajstić information content (AvgIpc) is 2.92. The Bertz CT molecular complexity index is 666. The largest absolute Gasteiger partial charge is 0.336 e. The van der Waals surface area contributed by atoms with Gasteiger partial charge in [0.25, 0.3) is 0 Å². The van der Waals surface area contributed by atoms with Crippen LogP contribution in [0.3, 0.4) is 0 Å². The maximum Gasteiger partial charge on any atom is 0.240 e. The van der Waals surface area contributed by atoms with Crippen LogP contribution in [0, 0.1) is 6.92 Å². The summed E-state index contributed by atoms with van der Waals surface area (Å²) in [7, 11) is -3.52. The molecule has 0 saturated heterocycles. The third-order valence-corrected chi connectivity index (χ3v) is 4.60. The third-order valence-electron chi connectivity index (χ3n) is 3.00. The van der Waals surface area contributed by atoms with E-state index in [1.807, 2.05) is 10.6 Å². The Morgan fingerprint density at radius 3 is 2.85 bits per heavy atom. The van der Waals surface area contributed by atoms with Gasteiger partial charge < -0.3 is 10.3 Å². The Labute approximate surface area is 118 Å². The highest BCUT2D eigenvalue weighted by Crippen LogP contribution is 2.16. The van der Waals surface area contributed by atoms with E-state index in [9.17, 15) is 8.42 Å². The second kappa shape index (κ2) is 6.17. The number of imidazole rings is 1. The molecular formula is C13H18N4O2S. The van der Waals surface area contributed by atoms with E-state index in [0.717, 1.165) is 5.56 Å². The molecule has 1 heterocycles. The van der Waals surface area contributed by atoms with Crippen LogP contribution in [-0.4, -0.2) is 24.5 Å². The Morgan fingerprint density at radius 1 is 1.40 bits per heavy atom. The molecule has 6 nitrogen and oxygen atoms in total. The molecule has 0 saturated carbocycles. The molecule has 0 bridgehead atoms. The second-order valence-corrected chi connectivity index (χ2v) is 6.24. The summed E-state index contributed by atoms with van der Waals surface area (Å²) in [4.78, 5) is 4.19. The summed E-state index contributed by atoms with van der Waals surface area (Å²) in [6.07, 6.45) is 5.09. The number of nitrogens with zero attached hydrogens (tertiary/aromatic N) is 2. The smallest absolute Gasteiger partial charge is 0.240 e. The van der Waals surface area contributed by atoms with E-state index in [-0.39, 0.29) is 4.90 Å². The molecule has 1 aromatic heterocycles. The predicted molar refractivity (Wildman–Crippen MR) is 76.5 cm³/mol. The lowest BCUT2D eigenvalue weighted by Gasteiger charge is -2.11. The molecule has 0 aliphatic carbocycles. The zero-order valence-electron chi connectivity index (χ0n) is 11.3. The topological polar surface area (TPSA) is 90.0 Å². The molecule has 108 valence electrons. The molecule has 20 heavy (non-hydrogen) atoms. The van der Waals surface area contributed by atoms with Crippen molar-refractivity contribution in [3.8, 4) is 0 Å². The summed E-state index contributed by atoms with van der Waals surface area (Å²) in [5.41, 5.74) is 7.05. The van der Waals surface area contributed by atoms with Crippen molar-refractivity contribution in [1.29, 1.82) is 0 Å². The molecule has 0 aliphatic rings. The van der Waals surface area contributed by atoms with Gasteiger partial charge in [0, 0.05) is 32.0 Å². The Balaban J connectivity index is 2.09. The van der Waals surface area contributed by atoms with Crippen LogP contribution in [0.1, 0.15) is 11.1 Å². The van der Waals surface area contributed by atoms with Crippen molar-refractivity contribution in [2.75, 3.05) is 6.54 Å². The lowest BCUT2D eigenvalue weighted by atomic mass is 10.1. The maximum absolute atomic E-state index is 12.3. The first kappa shape index (κ1) is 14.7. The van der Waals surface area contributed by atoms with Crippen molar-refractivity contribution in [2.45, 2.75) is 24.9 Å². The van der Waals surface area contributed by atoms with Crippen LogP contribution in [0.25, 0.3) is 0 Å². The summed E-state index contributed by atoms with van der Waals surface area (Å²) in [6.45, 7) is 2.93. The zero-order chi connectivity index (χ0) is 14.6. The molecule has 0 amide bonds. The van der Waals surface area contributed by atoms with E-state index in [1.54, 1.807) is 37.8 Å². The molecule has 1 aromatic carbocycles. The molecule has 0 unspecified atom stereocenters. The van der Waals surface area contributed by atoms with Gasteiger partial charge in [0.15, 0.2) is 0 Å². The van der Waals surface area contributed by atoms with Crippen molar-refractivity contribution < 1.29 is 8.42 Å². The Hall–Kier alpha value is -1.70. The molecule has 2 rings (SSSR count). The lowest BCUT2D eigenvalue weighted by molar-refractivity contribution is 0.572. The highest BCUT2D eigenvalue weighted by Gasteiger charge is 2.16. The number of sulfonamides is 1. The molecule has 0 aliphatic heterocycles. The quantitative estimate of drug-likeness (QED) is 0.817. The summed E-state index contributed by atoms with van der Waals surface area (Å²) < 4.78 is 28.9. The van der Waals surface area contributed by atoms with Crippen LogP contribution < -0.4 is 10.5 Å². The minimum atomic E-state index is -3.52. The normalized spacial score (nSPS) is 11.7. The van der Waals surface area contributed by atoms with Crippen LogP contribution in [0.5, 0.6) is 0 Å². The first-order valence-corrected chi connectivity index (χ1v) is 7.76. The molecule has 0 atom stereocenters. The van der Waals surface area contributed by atoms with Crippen LogP contribution in [0.4, 0.5) is 0 Å². The van der Waals surface area contributed by atoms with E-state index >= 15 is 0 Å². The zero-order valence-corrected chi connectivity index (χ0v) is 12.1. The number of aromatic nitrogens is 2. The van der Waals surface area contributed by atoms with Crippen molar-refractivity contribution in [1.82, 2.24) is 14.3 Å². The number of hydrogen-bond acceptors (Lipinski definition) is 4. The van der Waals surface area contributed by atoms with E-state index < -0.39 is 10.0 Å². The van der Waals surface area contributed by atoms with Gasteiger partial charge in [0.1, 0.15) is 0 Å². The van der Waals surface area contributed by atoms with Crippen LogP contribution in [-0.2, 0) is 23.1 Å². The van der Waals surface area contributed by atoms with Gasteiger partial charge in [-0.15, -0.1) is 0 Å². The summed E-state index contributed by atoms with van der Waals surface area (Å²) >= 11 is 0. The first-order chi connectivity index (χ1) is 9.53. The number of nitrogens with one attached hydrogen (secondary N) is 1. The molecule has 3 N–H and O–H groups in total. The second-order valence-electron chi connectivity index (χ2n) is 4.50. The van der Waals surface area contributed by atoms with Crippen molar-refractivity contribution in [3.63, 3.8) is 0 Å². The minimum absolute atomic E-state index is 0.283. The van der Waals surface area contributed by atoms with Gasteiger partial charge in [-0.3, -0.25) is 0 Å². The third kappa shape index (κ3) is 3.44. The van der Waals surface area contributed by atoms with Crippen molar-refractivity contribution in [3.05, 3.63) is 48.0 Å². The van der Waals surface area contributed by atoms with E-state index in [1.165, 1.54) is 0 Å². The van der Waals surface area contributed by atoms with Gasteiger partial charge in [-0.05, 0) is 24.1 Å². The van der Waals surface area contributed by atoms with Gasteiger partial charge in [0.2, 0.25) is 10.0 Å². The van der Waals surface area contributed by atoms with Gasteiger partial charge >= 0.3 is 0 Å². The van der Waals surface area contributed by atoms with Crippen LogP contribution in [0.15, 0.2) is 41.8 Å². The van der Waals surface area contributed by atoms with Crippen LogP contribution in [0.2, 0.25) is 0 Å². The molecule has 2 aromatic rings. The summed E-state index contributed by atoms with van der Waals surface area (Å²) in [5, 5.41) is 0. The number of rotatable bonds is 6. The van der Waals surface area contributed by atoms with E-state index in [0.29, 0.717) is 25.2 Å². The molecule has 0 spiro atoms. The van der Waals surface area contributed by atoms with Crippen molar-refractivity contribution in [2.24, 2.45) is 5.73 Å². The Morgan fingerprint density at radius 2 is 2.20 bits per heavy atom. The highest BCUT2D eigenvalue weighted by molar-refractivity contribution is 7.89. The standard InChI is InChI=1S/C13H18N4O2S/c1-11-2-3-12(9-14)8-13(11)20(18,19)16-5-7-17-6-4-15-10-17/h2-4,6,8,10,16H,5,7,9,14H2,1H3. The molecule has 7 heteroatoms. The molecular weight excluding hydrogens is 276 g/mol. The van der Waals surface area contributed by atoms with Gasteiger partial charge in [0.05, 0.1) is 11.2 Å². The summed E-state index contributed by atoms with van der Waals surface area (Å²) in [5.74, 6) is 0. The number of benzene rings is 1. The van der Waals surface area contributed by atoms with E-state index in [2.05, 4.69) is 9.71 Å². The van der Waals surface area contributed by atoms with Gasteiger partial charge in [-0.2, -0.15) is 0 Å². The number of aryl methyl sites for hydroxylation is 1. The molecule has 0 fully saturated rings. The van der Waals surface area contributed by atoms with E-state index in [4.69, 9.17) is 5.73 Å². The lowest BCUT2D eigenvalue weighted by Crippen LogP contribution is -2.28. The summed E-state index contributed by atoms with van der Waals surface area (Å²) in [6, 6.07) is 5.22. The maximum atomic E-state index is 12.3. The van der Waals surface area contributed by atoms with Gasteiger partial charge in [-0.25, -0.2) is 18.1 Å². The highest BCUT2D eigenvalue weighted by atomic mass is 32.2. The number of hydrogen-bond donors (Lipinski definition) is 2. The van der Waals surface area contributed by atoms with Crippen molar-refractivity contribution >= 4 is 10.0 Å².